The van der Waals surface area contributed by atoms with Crippen LogP contribution in [0.25, 0.3) is 0 Å². The van der Waals surface area contributed by atoms with Crippen LogP contribution < -0.4 is 10.1 Å². The van der Waals surface area contributed by atoms with E-state index in [1.807, 2.05) is 37.6 Å². The first-order valence-electron chi connectivity index (χ1n) is 6.16. The molecule has 1 heterocycles. The van der Waals surface area contributed by atoms with Crippen LogP contribution in [0.2, 0.25) is 0 Å². The number of nitrogens with zero attached hydrogens (tertiary/aromatic N) is 2. The summed E-state index contributed by atoms with van der Waals surface area (Å²) in [5.74, 6) is 0.993. The number of hydrogen-bond acceptors (Lipinski definition) is 3. The van der Waals surface area contributed by atoms with Gasteiger partial charge in [-0.15, -0.1) is 0 Å². The second-order valence-electron chi connectivity index (χ2n) is 4.54. The number of nitrogens with one attached hydrogen (secondary N) is 1. The minimum Gasteiger partial charge on any atom is -0.410 e. The minimum atomic E-state index is -0.542. The predicted molar refractivity (Wildman–Crippen MR) is 73.4 cm³/mol. The van der Waals surface area contributed by atoms with Crippen LogP contribution in [0.15, 0.2) is 36.4 Å². The van der Waals surface area contributed by atoms with Crippen molar-refractivity contribution in [3.8, 4) is 5.75 Å². The Labute approximate surface area is 112 Å². The number of para-hydroxylation sites is 1. The molecule has 100 valence electrons. The maximum absolute atomic E-state index is 11.7. The van der Waals surface area contributed by atoms with E-state index in [-0.39, 0.29) is 6.04 Å². The number of rotatable bonds is 3. The lowest BCUT2D eigenvalue weighted by Crippen LogP contribution is -2.17. The lowest BCUT2D eigenvalue weighted by atomic mass is 10.3. The van der Waals surface area contributed by atoms with Gasteiger partial charge in [0.25, 0.3) is 0 Å². The third kappa shape index (κ3) is 3.34. The molecule has 2 aromatic rings. The first-order chi connectivity index (χ1) is 9.06. The van der Waals surface area contributed by atoms with Crippen LogP contribution in [0.1, 0.15) is 25.6 Å². The molecule has 0 unspecified atom stereocenters. The summed E-state index contributed by atoms with van der Waals surface area (Å²) >= 11 is 0. The molecule has 5 heteroatoms. The fourth-order valence-corrected chi connectivity index (χ4v) is 1.80. The molecule has 0 saturated heterocycles. The standard InChI is InChI=1S/C14H17N3O2/c1-10(2)17-11(3)9-13(16-17)15-14(18)19-12-7-5-4-6-8-12/h4-10H,1-3H3,(H,15,16,18). The topological polar surface area (TPSA) is 56.1 Å². The number of carbonyl (C=O) groups excluding carboxylic acids is 1. The van der Waals surface area contributed by atoms with Gasteiger partial charge in [-0.3, -0.25) is 10.00 Å². The van der Waals surface area contributed by atoms with Gasteiger partial charge in [0.2, 0.25) is 0 Å². The Morgan fingerprint density at radius 3 is 2.58 bits per heavy atom. The third-order valence-corrected chi connectivity index (χ3v) is 2.60. The highest BCUT2D eigenvalue weighted by molar-refractivity contribution is 5.85. The van der Waals surface area contributed by atoms with Gasteiger partial charge in [0.05, 0.1) is 0 Å². The second-order valence-corrected chi connectivity index (χ2v) is 4.54. The summed E-state index contributed by atoms with van der Waals surface area (Å²) in [5, 5.41) is 6.91. The van der Waals surface area contributed by atoms with Gasteiger partial charge in [0.15, 0.2) is 5.82 Å². The van der Waals surface area contributed by atoms with Gasteiger partial charge in [0, 0.05) is 17.8 Å². The normalized spacial score (nSPS) is 10.5. The molecule has 0 bridgehead atoms. The molecule has 1 amide bonds. The average Bonchev–Trinajstić information content (AvgIpc) is 2.71. The maximum atomic E-state index is 11.7. The van der Waals surface area contributed by atoms with Crippen molar-refractivity contribution in [1.82, 2.24) is 9.78 Å². The predicted octanol–water partition coefficient (Wildman–Crippen LogP) is 3.38. The zero-order valence-electron chi connectivity index (χ0n) is 11.3. The first-order valence-corrected chi connectivity index (χ1v) is 6.16. The van der Waals surface area contributed by atoms with Crippen LogP contribution >= 0.6 is 0 Å². The average molecular weight is 259 g/mol. The van der Waals surface area contributed by atoms with Gasteiger partial charge in [-0.2, -0.15) is 5.10 Å². The second kappa shape index (κ2) is 5.56. The fraction of sp³-hybridized carbons (Fsp3) is 0.286. The number of aromatic nitrogens is 2. The van der Waals surface area contributed by atoms with Gasteiger partial charge in [-0.25, -0.2) is 4.79 Å². The molecule has 0 saturated carbocycles. The van der Waals surface area contributed by atoms with Gasteiger partial charge in [-0.1, -0.05) is 18.2 Å². The van der Waals surface area contributed by atoms with E-state index in [4.69, 9.17) is 4.74 Å². The van der Waals surface area contributed by atoms with Crippen molar-refractivity contribution in [2.24, 2.45) is 0 Å². The van der Waals surface area contributed by atoms with E-state index in [1.165, 1.54) is 0 Å². The monoisotopic (exact) mass is 259 g/mol. The lowest BCUT2D eigenvalue weighted by Gasteiger charge is -2.07. The highest BCUT2D eigenvalue weighted by Crippen LogP contribution is 2.15. The van der Waals surface area contributed by atoms with Crippen molar-refractivity contribution in [3.05, 3.63) is 42.1 Å². The van der Waals surface area contributed by atoms with E-state index < -0.39 is 6.09 Å². The minimum absolute atomic E-state index is 0.251. The highest BCUT2D eigenvalue weighted by atomic mass is 16.6. The molecule has 0 atom stereocenters. The highest BCUT2D eigenvalue weighted by Gasteiger charge is 2.10. The van der Waals surface area contributed by atoms with E-state index in [9.17, 15) is 4.79 Å². The van der Waals surface area contributed by atoms with Gasteiger partial charge < -0.3 is 4.74 Å². The number of benzene rings is 1. The molecule has 0 aliphatic heterocycles. The van der Waals surface area contributed by atoms with Crippen LogP contribution in [0.4, 0.5) is 10.6 Å². The van der Waals surface area contributed by atoms with E-state index in [0.717, 1.165) is 5.69 Å². The van der Waals surface area contributed by atoms with Crippen LogP contribution in [0.3, 0.4) is 0 Å². The molecule has 1 N–H and O–H groups in total. The number of amides is 1. The maximum Gasteiger partial charge on any atom is 0.418 e. The molecular weight excluding hydrogens is 242 g/mol. The molecule has 19 heavy (non-hydrogen) atoms. The third-order valence-electron chi connectivity index (χ3n) is 2.60. The Balaban J connectivity index is 2.01. The van der Waals surface area contributed by atoms with Crippen molar-refractivity contribution < 1.29 is 9.53 Å². The van der Waals surface area contributed by atoms with Crippen LogP contribution in [-0.4, -0.2) is 15.9 Å². The summed E-state index contributed by atoms with van der Waals surface area (Å²) in [7, 11) is 0. The molecule has 0 fully saturated rings. The Bertz CT molecular complexity index is 561. The van der Waals surface area contributed by atoms with Crippen LogP contribution in [0, 0.1) is 6.92 Å². The van der Waals surface area contributed by atoms with E-state index in [1.54, 1.807) is 24.3 Å². The van der Waals surface area contributed by atoms with E-state index in [2.05, 4.69) is 10.4 Å². The number of carbonyl (C=O) groups is 1. The number of hydrogen-bond donors (Lipinski definition) is 1. The summed E-state index contributed by atoms with van der Waals surface area (Å²) in [6.45, 7) is 6.01. The number of anilines is 1. The van der Waals surface area contributed by atoms with Crippen LogP contribution in [0.5, 0.6) is 5.75 Å². The Morgan fingerprint density at radius 2 is 2.00 bits per heavy atom. The molecule has 0 aliphatic rings. The molecule has 0 radical (unpaired) electrons. The molecule has 2 rings (SSSR count). The molecule has 0 aliphatic carbocycles. The van der Waals surface area contributed by atoms with Crippen molar-refractivity contribution in [1.29, 1.82) is 0 Å². The van der Waals surface area contributed by atoms with Gasteiger partial charge in [0.1, 0.15) is 5.75 Å². The summed E-state index contributed by atoms with van der Waals surface area (Å²) in [6, 6.07) is 11.0. The largest absolute Gasteiger partial charge is 0.418 e. The lowest BCUT2D eigenvalue weighted by molar-refractivity contribution is 0.215. The number of ether oxygens (including phenoxy) is 1. The van der Waals surface area contributed by atoms with Crippen molar-refractivity contribution in [3.63, 3.8) is 0 Å². The van der Waals surface area contributed by atoms with Crippen LogP contribution in [-0.2, 0) is 0 Å². The molecule has 1 aromatic carbocycles. The van der Waals surface area contributed by atoms with Crippen molar-refractivity contribution >= 4 is 11.9 Å². The zero-order valence-corrected chi connectivity index (χ0v) is 11.3. The Kier molecular flexibility index (Phi) is 3.85. The van der Waals surface area contributed by atoms with E-state index in [0.29, 0.717) is 11.6 Å². The van der Waals surface area contributed by atoms with E-state index >= 15 is 0 Å². The van der Waals surface area contributed by atoms with Crippen molar-refractivity contribution in [2.75, 3.05) is 5.32 Å². The Hall–Kier alpha value is -2.30. The van der Waals surface area contributed by atoms with Gasteiger partial charge in [-0.05, 0) is 32.9 Å². The smallest absolute Gasteiger partial charge is 0.410 e. The summed E-state index contributed by atoms with van der Waals surface area (Å²) in [4.78, 5) is 11.7. The first kappa shape index (κ1) is 13.1. The summed E-state index contributed by atoms with van der Waals surface area (Å²) in [5.41, 5.74) is 0.991. The zero-order chi connectivity index (χ0) is 13.8. The quantitative estimate of drug-likeness (QED) is 0.919. The number of aryl methyl sites for hydroxylation is 1. The fourth-order valence-electron chi connectivity index (χ4n) is 1.80. The summed E-state index contributed by atoms with van der Waals surface area (Å²) < 4.78 is 6.97. The molecule has 0 spiro atoms. The molecule has 1 aromatic heterocycles. The summed E-state index contributed by atoms with van der Waals surface area (Å²) in [6.07, 6.45) is -0.542. The van der Waals surface area contributed by atoms with Crippen molar-refractivity contribution in [2.45, 2.75) is 26.8 Å². The Morgan fingerprint density at radius 1 is 1.32 bits per heavy atom. The molecule has 5 nitrogen and oxygen atoms in total. The van der Waals surface area contributed by atoms with Gasteiger partial charge >= 0.3 is 6.09 Å². The SMILES string of the molecule is Cc1cc(NC(=O)Oc2ccccc2)nn1C(C)C. The molecular formula is C14H17N3O2.